The van der Waals surface area contributed by atoms with E-state index in [1.54, 1.807) is 0 Å². The second-order valence-electron chi connectivity index (χ2n) is 13.0. The van der Waals surface area contributed by atoms with Gasteiger partial charge in [-0.1, -0.05) is 38.5 Å². The Morgan fingerprint density at radius 3 is 1.33 bits per heavy atom. The molecular weight excluding hydrogens is 634 g/mol. The van der Waals surface area contributed by atoms with Gasteiger partial charge in [-0.05, 0) is 88.5 Å². The zero-order valence-electron chi connectivity index (χ0n) is 25.9. The summed E-state index contributed by atoms with van der Waals surface area (Å²) in [6, 6.07) is 1.65. The summed E-state index contributed by atoms with van der Waals surface area (Å²) in [6.45, 7) is 6.43. The standard InChI is InChI=1S/C33H40F6N2O2S2/c1-17(21-11-7-5-8-12-21)40-29(42)25-15-23(19(3)44-25)27-28(32(36,37)33(38,39)31(27,34)35)24-16-26(45-20(24)4)30(43)41-18(2)22-13-9-6-10-14-22/h15-18,21-22H,5-14H2,1-4H3,(H,40,42)(H,41,43)/t17-,18-/m1/s1. The summed E-state index contributed by atoms with van der Waals surface area (Å²) in [4.78, 5) is 26.3. The Balaban J connectivity index is 1.51. The van der Waals surface area contributed by atoms with Gasteiger partial charge in [-0.25, -0.2) is 0 Å². The lowest BCUT2D eigenvalue weighted by Gasteiger charge is -2.28. The van der Waals surface area contributed by atoms with E-state index in [-0.39, 0.29) is 43.4 Å². The molecule has 2 saturated carbocycles. The van der Waals surface area contributed by atoms with Crippen LogP contribution in [0.4, 0.5) is 26.3 Å². The molecule has 4 nitrogen and oxygen atoms in total. The number of allylic oxidation sites excluding steroid dienone is 2. The van der Waals surface area contributed by atoms with Crippen LogP contribution in [0.2, 0.25) is 0 Å². The van der Waals surface area contributed by atoms with Gasteiger partial charge in [-0.15, -0.1) is 22.7 Å². The van der Waals surface area contributed by atoms with E-state index in [1.807, 2.05) is 13.8 Å². The molecule has 0 spiro atoms. The third-order valence-electron chi connectivity index (χ3n) is 9.92. The molecule has 0 saturated heterocycles. The van der Waals surface area contributed by atoms with Gasteiger partial charge in [0, 0.05) is 33.0 Å². The highest BCUT2D eigenvalue weighted by molar-refractivity contribution is 7.14. The van der Waals surface area contributed by atoms with E-state index in [0.717, 1.165) is 99.0 Å². The van der Waals surface area contributed by atoms with Crippen LogP contribution in [-0.4, -0.2) is 41.7 Å². The molecule has 2 N–H and O–H groups in total. The van der Waals surface area contributed by atoms with Gasteiger partial charge in [-0.2, -0.15) is 26.3 Å². The molecule has 0 bridgehead atoms. The third-order valence-corrected chi connectivity index (χ3v) is 12.0. The summed E-state index contributed by atoms with van der Waals surface area (Å²) < 4.78 is 92.3. The summed E-state index contributed by atoms with van der Waals surface area (Å²) in [6.07, 6.45) is 10.2. The lowest BCUT2D eigenvalue weighted by Crippen LogP contribution is -2.48. The Bertz CT molecular complexity index is 1360. The Kier molecular flexibility index (Phi) is 9.59. The van der Waals surface area contributed by atoms with Gasteiger partial charge in [0.1, 0.15) is 0 Å². The van der Waals surface area contributed by atoms with E-state index in [2.05, 4.69) is 10.6 Å². The topological polar surface area (TPSA) is 58.2 Å². The third kappa shape index (κ3) is 6.10. The first-order chi connectivity index (χ1) is 21.1. The van der Waals surface area contributed by atoms with E-state index < -0.39 is 51.9 Å². The molecule has 0 radical (unpaired) electrons. The number of halogens is 6. The van der Waals surface area contributed by atoms with Gasteiger partial charge in [-0.3, -0.25) is 9.59 Å². The highest BCUT2D eigenvalue weighted by atomic mass is 32.1. The smallest absolute Gasteiger partial charge is 0.349 e. The monoisotopic (exact) mass is 674 g/mol. The van der Waals surface area contributed by atoms with Crippen LogP contribution >= 0.6 is 22.7 Å². The second-order valence-corrected chi connectivity index (χ2v) is 15.5. The van der Waals surface area contributed by atoms with Gasteiger partial charge in [0.2, 0.25) is 0 Å². The van der Waals surface area contributed by atoms with Gasteiger partial charge >= 0.3 is 17.8 Å². The molecule has 0 aliphatic heterocycles. The highest BCUT2D eigenvalue weighted by Gasteiger charge is 2.80. The number of thiophene rings is 2. The van der Waals surface area contributed by atoms with Crippen molar-refractivity contribution in [2.24, 2.45) is 11.8 Å². The van der Waals surface area contributed by atoms with Gasteiger partial charge in [0.25, 0.3) is 11.8 Å². The Labute approximate surface area is 268 Å². The second kappa shape index (κ2) is 12.7. The molecule has 2 atom stereocenters. The molecule has 45 heavy (non-hydrogen) atoms. The quantitative estimate of drug-likeness (QED) is 0.274. The summed E-state index contributed by atoms with van der Waals surface area (Å²) in [7, 11) is 0. The van der Waals surface area contributed by atoms with Crippen molar-refractivity contribution in [2.45, 2.75) is 122 Å². The van der Waals surface area contributed by atoms with E-state index in [9.17, 15) is 9.59 Å². The molecule has 0 aromatic carbocycles. The highest BCUT2D eigenvalue weighted by Crippen LogP contribution is 2.65. The lowest BCUT2D eigenvalue weighted by atomic mass is 9.84. The first kappa shape index (κ1) is 34.0. The number of alkyl halides is 6. The molecule has 12 heteroatoms. The Morgan fingerprint density at radius 2 is 1.00 bits per heavy atom. The molecule has 248 valence electrons. The van der Waals surface area contributed by atoms with E-state index in [1.165, 1.54) is 13.8 Å². The number of aryl methyl sites for hydroxylation is 2. The van der Waals surface area contributed by atoms with Gasteiger partial charge in [0.15, 0.2) is 0 Å². The first-order valence-electron chi connectivity index (χ1n) is 15.8. The summed E-state index contributed by atoms with van der Waals surface area (Å²) in [5.74, 6) is -16.8. The van der Waals surface area contributed by atoms with Crippen LogP contribution in [0, 0.1) is 25.7 Å². The zero-order chi connectivity index (χ0) is 32.9. The number of hydrogen-bond acceptors (Lipinski definition) is 4. The maximum absolute atomic E-state index is 15.6. The zero-order valence-corrected chi connectivity index (χ0v) is 27.6. The van der Waals surface area contributed by atoms with Crippen molar-refractivity contribution in [1.82, 2.24) is 10.6 Å². The summed E-state index contributed by atoms with van der Waals surface area (Å²) in [5, 5.41) is 5.77. The molecule has 2 fully saturated rings. The van der Waals surface area contributed by atoms with Crippen molar-refractivity contribution < 1.29 is 35.9 Å². The molecule has 3 aliphatic carbocycles. The molecule has 3 aliphatic rings. The van der Waals surface area contributed by atoms with Crippen LogP contribution in [-0.2, 0) is 0 Å². The molecule has 0 unspecified atom stereocenters. The maximum atomic E-state index is 15.6. The van der Waals surface area contributed by atoms with Crippen molar-refractivity contribution in [2.75, 3.05) is 0 Å². The van der Waals surface area contributed by atoms with Crippen molar-refractivity contribution in [3.8, 4) is 0 Å². The van der Waals surface area contributed by atoms with Crippen LogP contribution in [0.1, 0.15) is 118 Å². The molecular formula is C33H40F6N2O2S2. The molecule has 2 aromatic rings. The van der Waals surface area contributed by atoms with E-state index in [4.69, 9.17) is 0 Å². The minimum Gasteiger partial charge on any atom is -0.349 e. The minimum atomic E-state index is -5.73. The predicted octanol–water partition coefficient (Wildman–Crippen LogP) is 9.65. The SMILES string of the molecule is Cc1sc(C(=O)N[C@H](C)C2CCCCC2)cc1C1=C(c2cc(C(=O)N[C@H](C)C3CCCCC3)sc2C)C(F)(F)C(F)(F)C1(F)F. The number of carbonyl (C=O) groups is 2. The van der Waals surface area contributed by atoms with Crippen molar-refractivity contribution in [3.63, 3.8) is 0 Å². The molecule has 5 rings (SSSR count). The van der Waals surface area contributed by atoms with Crippen molar-refractivity contribution >= 4 is 45.6 Å². The summed E-state index contributed by atoms with van der Waals surface area (Å²) in [5.41, 5.74) is -4.05. The van der Waals surface area contributed by atoms with Crippen LogP contribution < -0.4 is 10.6 Å². The number of nitrogens with one attached hydrogen (secondary N) is 2. The first-order valence-corrected chi connectivity index (χ1v) is 17.4. The van der Waals surface area contributed by atoms with Crippen molar-refractivity contribution in [3.05, 3.63) is 42.8 Å². The normalized spacial score (nSPS) is 23.2. The van der Waals surface area contributed by atoms with E-state index in [0.29, 0.717) is 0 Å². The molecule has 2 aromatic heterocycles. The van der Waals surface area contributed by atoms with Crippen LogP contribution in [0.15, 0.2) is 12.1 Å². The predicted molar refractivity (Wildman–Crippen MR) is 167 cm³/mol. The number of hydrogen-bond donors (Lipinski definition) is 2. The fraction of sp³-hybridized carbons (Fsp3) is 0.636. The molecule has 2 heterocycles. The largest absolute Gasteiger partial charge is 0.380 e. The number of rotatable bonds is 8. The Hall–Kier alpha value is -2.34. The fourth-order valence-corrected chi connectivity index (χ4v) is 9.04. The van der Waals surface area contributed by atoms with Crippen LogP contribution in [0.5, 0.6) is 0 Å². The van der Waals surface area contributed by atoms with Gasteiger partial charge < -0.3 is 10.6 Å². The van der Waals surface area contributed by atoms with Crippen LogP contribution in [0.3, 0.4) is 0 Å². The van der Waals surface area contributed by atoms with E-state index >= 15 is 26.3 Å². The Morgan fingerprint density at radius 1 is 0.667 bits per heavy atom. The average molecular weight is 675 g/mol. The molecule has 2 amide bonds. The van der Waals surface area contributed by atoms with Crippen molar-refractivity contribution in [1.29, 1.82) is 0 Å². The lowest BCUT2D eigenvalue weighted by molar-refractivity contribution is -0.254. The number of amides is 2. The average Bonchev–Trinajstić information content (AvgIpc) is 3.60. The number of carbonyl (C=O) groups excluding carboxylic acids is 2. The van der Waals surface area contributed by atoms with Crippen LogP contribution in [0.25, 0.3) is 11.1 Å². The summed E-state index contributed by atoms with van der Waals surface area (Å²) >= 11 is 1.60. The maximum Gasteiger partial charge on any atom is 0.380 e. The van der Waals surface area contributed by atoms with Gasteiger partial charge in [0.05, 0.1) is 9.75 Å². The minimum absolute atomic E-state index is 0.0230. The fourth-order valence-electron chi connectivity index (χ4n) is 7.18.